The predicted molar refractivity (Wildman–Crippen MR) is 85.6 cm³/mol. The predicted octanol–water partition coefficient (Wildman–Crippen LogP) is 2.97. The number of halogens is 1. The summed E-state index contributed by atoms with van der Waals surface area (Å²) in [7, 11) is -0.938. The van der Waals surface area contributed by atoms with Crippen LogP contribution < -0.4 is 5.32 Å². The third kappa shape index (κ3) is 4.85. The summed E-state index contributed by atoms with van der Waals surface area (Å²) in [6, 6.07) is 15.0. The normalized spacial score (nSPS) is 11.6. The highest BCUT2D eigenvalue weighted by molar-refractivity contribution is 7.84. The second kappa shape index (κ2) is 7.77. The van der Waals surface area contributed by atoms with E-state index in [0.717, 1.165) is 5.56 Å². The van der Waals surface area contributed by atoms with Gasteiger partial charge in [0.1, 0.15) is 11.9 Å². The molecule has 4 nitrogen and oxygen atoms in total. The third-order valence-electron chi connectivity index (χ3n) is 2.76. The first kappa shape index (κ1) is 15.5. The fraction of sp³-hybridized carbons (Fsp3) is 0.200. The van der Waals surface area contributed by atoms with Gasteiger partial charge in [-0.2, -0.15) is 5.26 Å². The van der Waals surface area contributed by atoms with E-state index in [-0.39, 0.29) is 5.69 Å². The molecule has 1 aromatic heterocycles. The van der Waals surface area contributed by atoms with Gasteiger partial charge in [0.2, 0.25) is 0 Å². The minimum atomic E-state index is -0.938. The van der Waals surface area contributed by atoms with Crippen molar-refractivity contribution in [3.05, 3.63) is 58.7 Å². The van der Waals surface area contributed by atoms with Crippen molar-refractivity contribution in [2.24, 2.45) is 0 Å². The van der Waals surface area contributed by atoms with Crippen LogP contribution >= 0.6 is 11.6 Å². The Balaban J connectivity index is 1.82. The summed E-state index contributed by atoms with van der Waals surface area (Å²) >= 11 is 5.81. The molecule has 21 heavy (non-hydrogen) atoms. The quantitative estimate of drug-likeness (QED) is 0.889. The van der Waals surface area contributed by atoms with Crippen molar-refractivity contribution >= 4 is 28.2 Å². The van der Waals surface area contributed by atoms with E-state index in [1.165, 1.54) is 0 Å². The Hall–Kier alpha value is -1.90. The molecule has 2 aromatic rings. The summed E-state index contributed by atoms with van der Waals surface area (Å²) in [6.45, 7) is 0.527. The molecule has 0 saturated heterocycles. The number of nitrogens with one attached hydrogen (secondary N) is 1. The number of aromatic nitrogens is 1. The molecule has 6 heteroatoms. The molecule has 0 spiro atoms. The van der Waals surface area contributed by atoms with Gasteiger partial charge in [0.15, 0.2) is 5.69 Å². The minimum absolute atomic E-state index is 0.187. The van der Waals surface area contributed by atoms with Crippen molar-refractivity contribution in [1.82, 2.24) is 4.98 Å². The lowest BCUT2D eigenvalue weighted by Gasteiger charge is -2.06. The lowest BCUT2D eigenvalue weighted by Crippen LogP contribution is -2.13. The van der Waals surface area contributed by atoms with E-state index in [9.17, 15) is 4.21 Å². The molecule has 0 aliphatic heterocycles. The number of benzene rings is 1. The molecule has 0 aliphatic rings. The van der Waals surface area contributed by atoms with Crippen molar-refractivity contribution in [2.45, 2.75) is 5.75 Å². The highest BCUT2D eigenvalue weighted by Crippen LogP contribution is 2.15. The van der Waals surface area contributed by atoms with E-state index < -0.39 is 10.8 Å². The summed E-state index contributed by atoms with van der Waals surface area (Å²) in [4.78, 5) is 4.07. The Labute approximate surface area is 131 Å². The molecule has 108 valence electrons. The number of rotatable bonds is 6. The van der Waals surface area contributed by atoms with E-state index in [1.807, 2.05) is 36.4 Å². The minimum Gasteiger partial charge on any atom is -0.369 e. The van der Waals surface area contributed by atoms with Crippen molar-refractivity contribution in [3.8, 4) is 6.07 Å². The maximum Gasteiger partial charge on any atom is 0.161 e. The molecule has 1 atom stereocenters. The SMILES string of the molecule is N#Cc1nc(NCC[S@](=O)Cc2ccccc2)ccc1Cl. The van der Waals surface area contributed by atoms with Crippen LogP contribution in [0.25, 0.3) is 0 Å². The molecule has 0 radical (unpaired) electrons. The summed E-state index contributed by atoms with van der Waals surface area (Å²) < 4.78 is 12.0. The molecule has 2 rings (SSSR count). The van der Waals surface area contributed by atoms with E-state index in [2.05, 4.69) is 10.3 Å². The van der Waals surface area contributed by atoms with Crippen LogP contribution in [0.1, 0.15) is 11.3 Å². The van der Waals surface area contributed by atoms with Crippen LogP contribution in [0.5, 0.6) is 0 Å². The number of pyridine rings is 1. The van der Waals surface area contributed by atoms with Gasteiger partial charge in [-0.05, 0) is 17.7 Å². The molecule has 1 heterocycles. The average molecular weight is 320 g/mol. The molecule has 0 unspecified atom stereocenters. The molecule has 0 aliphatic carbocycles. The van der Waals surface area contributed by atoms with Crippen LogP contribution in [-0.4, -0.2) is 21.5 Å². The third-order valence-corrected chi connectivity index (χ3v) is 4.38. The van der Waals surface area contributed by atoms with Crippen LogP contribution in [0, 0.1) is 11.3 Å². The molecule has 0 saturated carbocycles. The first-order valence-corrected chi connectivity index (χ1v) is 8.25. The maximum absolute atomic E-state index is 12.0. The number of nitrogens with zero attached hydrogens (tertiary/aromatic N) is 2. The first-order valence-electron chi connectivity index (χ1n) is 6.38. The standard InChI is InChI=1S/C15H14ClN3OS/c16-13-6-7-15(19-14(13)10-17)18-8-9-21(20)11-12-4-2-1-3-5-12/h1-7H,8-9,11H2,(H,18,19)/t21-/m0/s1. The first-order chi connectivity index (χ1) is 10.2. The number of hydrogen-bond acceptors (Lipinski definition) is 4. The van der Waals surface area contributed by atoms with Gasteiger partial charge in [0.25, 0.3) is 0 Å². The Morgan fingerprint density at radius 1 is 1.24 bits per heavy atom. The monoisotopic (exact) mass is 319 g/mol. The topological polar surface area (TPSA) is 65.8 Å². The van der Waals surface area contributed by atoms with Gasteiger partial charge in [-0.3, -0.25) is 4.21 Å². The summed E-state index contributed by atoms with van der Waals surface area (Å²) in [5.41, 5.74) is 1.25. The van der Waals surface area contributed by atoms with Gasteiger partial charge in [-0.1, -0.05) is 41.9 Å². The van der Waals surface area contributed by atoms with Gasteiger partial charge in [-0.15, -0.1) is 0 Å². The molecule has 1 aromatic carbocycles. The number of hydrogen-bond donors (Lipinski definition) is 1. The molecule has 0 amide bonds. The summed E-state index contributed by atoms with van der Waals surface area (Å²) in [6.07, 6.45) is 0. The van der Waals surface area contributed by atoms with E-state index in [1.54, 1.807) is 12.1 Å². The van der Waals surface area contributed by atoms with Gasteiger partial charge in [-0.25, -0.2) is 4.98 Å². The summed E-state index contributed by atoms with van der Waals surface area (Å²) in [5, 5.41) is 12.2. The van der Waals surface area contributed by atoms with Crippen LogP contribution in [0.2, 0.25) is 5.02 Å². The Morgan fingerprint density at radius 2 is 2.00 bits per heavy atom. The van der Waals surface area contributed by atoms with Crippen molar-refractivity contribution in [2.75, 3.05) is 17.6 Å². The molecular formula is C15H14ClN3OS. The lowest BCUT2D eigenvalue weighted by molar-refractivity contribution is 0.682. The van der Waals surface area contributed by atoms with Crippen molar-refractivity contribution < 1.29 is 4.21 Å². The molecular weight excluding hydrogens is 306 g/mol. The van der Waals surface area contributed by atoms with Crippen molar-refractivity contribution in [1.29, 1.82) is 5.26 Å². The van der Waals surface area contributed by atoms with Gasteiger partial charge >= 0.3 is 0 Å². The van der Waals surface area contributed by atoms with Crippen LogP contribution in [0.3, 0.4) is 0 Å². The number of nitriles is 1. The molecule has 0 fully saturated rings. The molecule has 0 bridgehead atoms. The number of anilines is 1. The van der Waals surface area contributed by atoms with Crippen LogP contribution in [0.15, 0.2) is 42.5 Å². The zero-order valence-electron chi connectivity index (χ0n) is 11.3. The Morgan fingerprint density at radius 3 is 2.71 bits per heavy atom. The van der Waals surface area contributed by atoms with E-state index in [0.29, 0.717) is 28.9 Å². The van der Waals surface area contributed by atoms with Gasteiger partial charge in [0.05, 0.1) is 5.02 Å². The highest BCUT2D eigenvalue weighted by Gasteiger charge is 2.04. The van der Waals surface area contributed by atoms with Gasteiger partial charge < -0.3 is 5.32 Å². The van der Waals surface area contributed by atoms with Crippen LogP contribution in [-0.2, 0) is 16.6 Å². The Bertz CT molecular complexity index is 670. The maximum atomic E-state index is 12.0. The van der Waals surface area contributed by atoms with E-state index >= 15 is 0 Å². The molecule has 1 N–H and O–H groups in total. The second-order valence-electron chi connectivity index (χ2n) is 4.34. The average Bonchev–Trinajstić information content (AvgIpc) is 2.50. The largest absolute Gasteiger partial charge is 0.369 e. The fourth-order valence-electron chi connectivity index (χ4n) is 1.74. The highest BCUT2D eigenvalue weighted by atomic mass is 35.5. The smallest absolute Gasteiger partial charge is 0.161 e. The second-order valence-corrected chi connectivity index (χ2v) is 6.32. The van der Waals surface area contributed by atoms with Gasteiger partial charge in [0, 0.05) is 28.9 Å². The zero-order valence-corrected chi connectivity index (χ0v) is 12.8. The fourth-order valence-corrected chi connectivity index (χ4v) is 2.93. The summed E-state index contributed by atoms with van der Waals surface area (Å²) in [5.74, 6) is 1.62. The van der Waals surface area contributed by atoms with Crippen molar-refractivity contribution in [3.63, 3.8) is 0 Å². The zero-order chi connectivity index (χ0) is 15.1. The van der Waals surface area contributed by atoms with Crippen LogP contribution in [0.4, 0.5) is 5.82 Å². The van der Waals surface area contributed by atoms with E-state index in [4.69, 9.17) is 16.9 Å². The Kier molecular flexibility index (Phi) is 5.73. The lowest BCUT2D eigenvalue weighted by atomic mass is 10.2.